The van der Waals surface area contributed by atoms with Gasteiger partial charge in [-0.1, -0.05) is 48.5 Å². The van der Waals surface area contributed by atoms with Gasteiger partial charge in [0.15, 0.2) is 0 Å². The summed E-state index contributed by atoms with van der Waals surface area (Å²) in [7, 11) is 0. The van der Waals surface area contributed by atoms with E-state index in [1.54, 1.807) is 6.08 Å². The number of para-hydroxylation sites is 1. The molecule has 3 nitrogen and oxygen atoms in total. The van der Waals surface area contributed by atoms with Crippen LogP contribution in [0, 0.1) is 0 Å². The molecule has 0 atom stereocenters. The van der Waals surface area contributed by atoms with Crippen LogP contribution in [0.3, 0.4) is 0 Å². The second-order valence-corrected chi connectivity index (χ2v) is 4.56. The van der Waals surface area contributed by atoms with Crippen LogP contribution in [-0.4, -0.2) is 10.9 Å². The third-order valence-corrected chi connectivity index (χ3v) is 3.22. The molecule has 2 aromatic carbocycles. The molecule has 0 aliphatic carbocycles. The molecule has 1 aromatic heterocycles. The molecule has 3 N–H and O–H groups in total. The molecule has 0 aliphatic rings. The highest BCUT2D eigenvalue weighted by Gasteiger charge is 2.10. The maximum absolute atomic E-state index is 11.0. The minimum atomic E-state index is -0.450. The van der Waals surface area contributed by atoms with E-state index in [4.69, 9.17) is 5.73 Å². The normalized spacial score (nSPS) is 11.2. The summed E-state index contributed by atoms with van der Waals surface area (Å²) in [6.07, 6.45) is 3.16. The van der Waals surface area contributed by atoms with Crippen molar-refractivity contribution in [2.45, 2.75) is 0 Å². The molecule has 1 heterocycles. The Balaban J connectivity index is 2.25. The second-order valence-electron chi connectivity index (χ2n) is 4.56. The van der Waals surface area contributed by atoms with Crippen molar-refractivity contribution < 1.29 is 4.79 Å². The number of nitrogens with two attached hydrogens (primary N) is 1. The highest BCUT2D eigenvalue weighted by Crippen LogP contribution is 2.31. The van der Waals surface area contributed by atoms with E-state index >= 15 is 0 Å². The number of aromatic nitrogens is 1. The number of hydrogen-bond acceptors (Lipinski definition) is 1. The van der Waals surface area contributed by atoms with E-state index in [0.717, 1.165) is 27.7 Å². The molecular weight excluding hydrogens is 248 g/mol. The summed E-state index contributed by atoms with van der Waals surface area (Å²) in [5, 5.41) is 1.07. The van der Waals surface area contributed by atoms with Crippen LogP contribution in [-0.2, 0) is 4.79 Å². The van der Waals surface area contributed by atoms with Crippen LogP contribution < -0.4 is 5.73 Å². The molecule has 0 spiro atoms. The van der Waals surface area contributed by atoms with Crippen LogP contribution >= 0.6 is 0 Å². The van der Waals surface area contributed by atoms with E-state index in [2.05, 4.69) is 4.98 Å². The van der Waals surface area contributed by atoms with Crippen molar-refractivity contribution in [1.82, 2.24) is 4.98 Å². The van der Waals surface area contributed by atoms with E-state index in [1.807, 2.05) is 54.6 Å². The number of carbonyl (C=O) groups is 1. The quantitative estimate of drug-likeness (QED) is 0.699. The van der Waals surface area contributed by atoms with Crippen molar-refractivity contribution in [1.29, 1.82) is 0 Å². The van der Waals surface area contributed by atoms with E-state index < -0.39 is 5.91 Å². The summed E-state index contributed by atoms with van der Waals surface area (Å²) < 4.78 is 0. The van der Waals surface area contributed by atoms with E-state index in [9.17, 15) is 4.79 Å². The van der Waals surface area contributed by atoms with Gasteiger partial charge < -0.3 is 10.7 Å². The molecule has 0 fully saturated rings. The summed E-state index contributed by atoms with van der Waals surface area (Å²) >= 11 is 0. The lowest BCUT2D eigenvalue weighted by Gasteiger charge is -2.00. The van der Waals surface area contributed by atoms with Gasteiger partial charge in [0.1, 0.15) is 0 Å². The summed E-state index contributed by atoms with van der Waals surface area (Å²) in [5.41, 5.74) is 9.29. The molecule has 3 aromatic rings. The third-order valence-electron chi connectivity index (χ3n) is 3.22. The van der Waals surface area contributed by atoms with Crippen LogP contribution in [0.25, 0.3) is 28.2 Å². The minimum absolute atomic E-state index is 0.450. The Morgan fingerprint density at radius 2 is 1.70 bits per heavy atom. The number of H-pyrrole nitrogens is 1. The average Bonchev–Trinajstić information content (AvgIpc) is 2.84. The van der Waals surface area contributed by atoms with Crippen molar-refractivity contribution >= 4 is 22.9 Å². The van der Waals surface area contributed by atoms with E-state index in [1.165, 1.54) is 6.08 Å². The summed E-state index contributed by atoms with van der Waals surface area (Å²) in [5.74, 6) is -0.450. The number of nitrogens with one attached hydrogen (secondary N) is 1. The number of rotatable bonds is 3. The smallest absolute Gasteiger partial charge is 0.241 e. The molecule has 0 bridgehead atoms. The summed E-state index contributed by atoms with van der Waals surface area (Å²) in [4.78, 5) is 14.4. The van der Waals surface area contributed by atoms with Crippen molar-refractivity contribution in [2.75, 3.05) is 0 Å². The van der Waals surface area contributed by atoms with Crippen LogP contribution in [0.2, 0.25) is 0 Å². The van der Waals surface area contributed by atoms with Gasteiger partial charge >= 0.3 is 0 Å². The van der Waals surface area contributed by atoms with Crippen LogP contribution in [0.4, 0.5) is 0 Å². The Hall–Kier alpha value is -2.81. The van der Waals surface area contributed by atoms with Crippen molar-refractivity contribution in [2.24, 2.45) is 5.73 Å². The van der Waals surface area contributed by atoms with E-state index in [-0.39, 0.29) is 0 Å². The third kappa shape index (κ3) is 2.21. The largest absolute Gasteiger partial charge is 0.366 e. The lowest BCUT2D eigenvalue weighted by Crippen LogP contribution is -2.05. The Labute approximate surface area is 116 Å². The lowest BCUT2D eigenvalue weighted by atomic mass is 10.0. The summed E-state index contributed by atoms with van der Waals surface area (Å²) in [6, 6.07) is 18.0. The Bertz CT molecular complexity index is 785. The average molecular weight is 262 g/mol. The van der Waals surface area contributed by atoms with Gasteiger partial charge in [-0.15, -0.1) is 0 Å². The van der Waals surface area contributed by atoms with Gasteiger partial charge in [-0.2, -0.15) is 0 Å². The SMILES string of the molecule is NC(=O)C=Cc1c(-c2ccccc2)[nH]c2ccccc12. The molecule has 3 rings (SSSR count). The predicted octanol–water partition coefficient (Wildman–Crippen LogP) is 3.33. The zero-order chi connectivity index (χ0) is 13.9. The molecule has 0 saturated carbocycles. The highest BCUT2D eigenvalue weighted by atomic mass is 16.1. The Kier molecular flexibility index (Phi) is 3.09. The first-order chi connectivity index (χ1) is 9.75. The number of primary amides is 1. The molecule has 0 unspecified atom stereocenters. The predicted molar refractivity (Wildman–Crippen MR) is 82.0 cm³/mol. The van der Waals surface area contributed by atoms with Crippen LogP contribution in [0.1, 0.15) is 5.56 Å². The fourth-order valence-corrected chi connectivity index (χ4v) is 2.33. The van der Waals surface area contributed by atoms with Crippen LogP contribution in [0.5, 0.6) is 0 Å². The molecule has 0 saturated heterocycles. The molecule has 3 heteroatoms. The van der Waals surface area contributed by atoms with Gasteiger partial charge in [0.25, 0.3) is 0 Å². The van der Waals surface area contributed by atoms with Gasteiger partial charge in [-0.05, 0) is 17.7 Å². The Morgan fingerprint density at radius 1 is 1.00 bits per heavy atom. The zero-order valence-corrected chi connectivity index (χ0v) is 10.8. The summed E-state index contributed by atoms with van der Waals surface area (Å²) in [6.45, 7) is 0. The maximum Gasteiger partial charge on any atom is 0.241 e. The van der Waals surface area contributed by atoms with Gasteiger partial charge in [-0.25, -0.2) is 0 Å². The number of amides is 1. The van der Waals surface area contributed by atoms with Gasteiger partial charge in [0, 0.05) is 22.5 Å². The van der Waals surface area contributed by atoms with Crippen molar-refractivity contribution in [3.63, 3.8) is 0 Å². The lowest BCUT2D eigenvalue weighted by molar-refractivity contribution is -0.113. The first kappa shape index (κ1) is 12.2. The molecule has 1 amide bonds. The number of hydrogen-bond donors (Lipinski definition) is 2. The molecule has 0 aliphatic heterocycles. The number of aromatic amines is 1. The fourth-order valence-electron chi connectivity index (χ4n) is 2.33. The standard InChI is InChI=1S/C17H14N2O/c18-16(20)11-10-14-13-8-4-5-9-15(13)19-17(14)12-6-2-1-3-7-12/h1-11,19H,(H2,18,20). The van der Waals surface area contributed by atoms with E-state index in [0.29, 0.717) is 0 Å². The minimum Gasteiger partial charge on any atom is -0.366 e. The van der Waals surface area contributed by atoms with Gasteiger partial charge in [0.05, 0.1) is 5.69 Å². The van der Waals surface area contributed by atoms with Crippen molar-refractivity contribution in [3.8, 4) is 11.3 Å². The number of benzene rings is 2. The van der Waals surface area contributed by atoms with Crippen molar-refractivity contribution in [3.05, 3.63) is 66.2 Å². The topological polar surface area (TPSA) is 58.9 Å². The van der Waals surface area contributed by atoms with Crippen LogP contribution in [0.15, 0.2) is 60.7 Å². The number of carbonyl (C=O) groups excluding carboxylic acids is 1. The van der Waals surface area contributed by atoms with Gasteiger partial charge in [-0.3, -0.25) is 4.79 Å². The Morgan fingerprint density at radius 3 is 2.45 bits per heavy atom. The molecular formula is C17H14N2O. The monoisotopic (exact) mass is 262 g/mol. The number of fused-ring (bicyclic) bond motifs is 1. The maximum atomic E-state index is 11.0. The molecule has 0 radical (unpaired) electrons. The second kappa shape index (κ2) is 5.05. The molecule has 20 heavy (non-hydrogen) atoms. The highest BCUT2D eigenvalue weighted by molar-refractivity contribution is 6.00. The zero-order valence-electron chi connectivity index (χ0n) is 10.8. The molecule has 98 valence electrons. The fraction of sp³-hybridized carbons (Fsp3) is 0. The first-order valence-electron chi connectivity index (χ1n) is 6.39. The first-order valence-corrected chi connectivity index (χ1v) is 6.39. The van der Waals surface area contributed by atoms with Gasteiger partial charge in [0.2, 0.25) is 5.91 Å².